The molecule has 0 aliphatic heterocycles. The molecular formula is C7H7ClINO2. The number of pyridine rings is 1. The lowest BCUT2D eigenvalue weighted by Crippen LogP contribution is -2.03. The van der Waals surface area contributed by atoms with Crippen LogP contribution in [-0.4, -0.2) is 23.3 Å². The fraction of sp³-hybridized carbons (Fsp3) is 0.286. The minimum Gasteiger partial charge on any atom is -0.488 e. The van der Waals surface area contributed by atoms with E-state index in [2.05, 4.69) is 27.6 Å². The first-order valence-electron chi connectivity index (χ1n) is 3.28. The molecule has 5 heteroatoms. The Labute approximate surface area is 88.9 Å². The van der Waals surface area contributed by atoms with E-state index in [1.165, 1.54) is 0 Å². The average molecular weight is 299 g/mol. The molecule has 0 fully saturated rings. The van der Waals surface area contributed by atoms with Crippen LogP contribution in [0.25, 0.3) is 0 Å². The zero-order chi connectivity index (χ0) is 8.97. The molecule has 1 aromatic heterocycles. The molecule has 0 saturated heterocycles. The highest BCUT2D eigenvalue weighted by atomic mass is 127. The maximum Gasteiger partial charge on any atom is 0.151 e. The van der Waals surface area contributed by atoms with Crippen LogP contribution in [0.5, 0.6) is 5.75 Å². The molecule has 1 heterocycles. The smallest absolute Gasteiger partial charge is 0.151 e. The molecular weight excluding hydrogens is 292 g/mol. The Balaban J connectivity index is 2.72. The molecule has 0 radical (unpaired) electrons. The summed E-state index contributed by atoms with van der Waals surface area (Å²) in [6, 6.07) is 1.70. The van der Waals surface area contributed by atoms with Gasteiger partial charge in [-0.3, -0.25) is 0 Å². The largest absolute Gasteiger partial charge is 0.488 e. The van der Waals surface area contributed by atoms with Gasteiger partial charge in [-0.05, 0) is 28.7 Å². The fourth-order valence-electron chi connectivity index (χ4n) is 0.657. The molecule has 0 aromatic carbocycles. The summed E-state index contributed by atoms with van der Waals surface area (Å²) in [5, 5.41) is 8.94. The van der Waals surface area contributed by atoms with Crippen LogP contribution in [0.15, 0.2) is 12.3 Å². The maximum atomic E-state index is 8.50. The third-order valence-corrected chi connectivity index (χ3v) is 2.18. The Morgan fingerprint density at radius 1 is 1.67 bits per heavy atom. The van der Waals surface area contributed by atoms with E-state index < -0.39 is 0 Å². The summed E-state index contributed by atoms with van der Waals surface area (Å²) >= 11 is 7.72. The van der Waals surface area contributed by atoms with Crippen molar-refractivity contribution in [2.75, 3.05) is 13.2 Å². The average Bonchev–Trinajstić information content (AvgIpc) is 2.03. The third kappa shape index (κ3) is 2.76. The number of aliphatic hydroxyl groups is 1. The van der Waals surface area contributed by atoms with Gasteiger partial charge >= 0.3 is 0 Å². The lowest BCUT2D eigenvalue weighted by molar-refractivity contribution is 0.200. The van der Waals surface area contributed by atoms with Gasteiger partial charge < -0.3 is 9.84 Å². The first kappa shape index (κ1) is 10.0. The number of hydrogen-bond acceptors (Lipinski definition) is 3. The second-order valence-electron chi connectivity index (χ2n) is 2.01. The minimum atomic E-state index is -0.00128. The molecule has 0 aliphatic rings. The molecule has 1 aromatic rings. The summed E-state index contributed by atoms with van der Waals surface area (Å²) in [7, 11) is 0. The quantitative estimate of drug-likeness (QED) is 0.682. The Kier molecular flexibility index (Phi) is 4.03. The second kappa shape index (κ2) is 4.84. The molecule has 12 heavy (non-hydrogen) atoms. The summed E-state index contributed by atoms with van der Waals surface area (Å²) in [5.41, 5.74) is 0. The highest BCUT2D eigenvalue weighted by Gasteiger charge is 2.01. The van der Waals surface area contributed by atoms with Crippen molar-refractivity contribution in [1.82, 2.24) is 4.98 Å². The van der Waals surface area contributed by atoms with Crippen LogP contribution < -0.4 is 4.74 Å². The van der Waals surface area contributed by atoms with Gasteiger partial charge in [0.15, 0.2) is 5.75 Å². The van der Waals surface area contributed by atoms with Gasteiger partial charge in [0.05, 0.1) is 16.4 Å². The SMILES string of the molecule is OCCOc1cnc(Cl)cc1I. The van der Waals surface area contributed by atoms with Gasteiger partial charge in [-0.1, -0.05) is 11.6 Å². The summed E-state index contributed by atoms with van der Waals surface area (Å²) in [6.07, 6.45) is 1.54. The zero-order valence-corrected chi connectivity index (χ0v) is 9.04. The van der Waals surface area contributed by atoms with Crippen LogP contribution in [0.4, 0.5) is 0 Å². The van der Waals surface area contributed by atoms with Crippen LogP contribution >= 0.6 is 34.2 Å². The van der Waals surface area contributed by atoms with Crippen molar-refractivity contribution in [2.45, 2.75) is 0 Å². The highest BCUT2D eigenvalue weighted by molar-refractivity contribution is 14.1. The minimum absolute atomic E-state index is 0.00128. The van der Waals surface area contributed by atoms with Crippen LogP contribution in [0.3, 0.4) is 0 Å². The van der Waals surface area contributed by atoms with Crippen molar-refractivity contribution in [3.63, 3.8) is 0 Å². The van der Waals surface area contributed by atoms with Gasteiger partial charge in [0.25, 0.3) is 0 Å². The standard InChI is InChI=1S/C7H7ClINO2/c8-7-3-5(9)6(4-10-7)12-2-1-11/h3-4,11H,1-2H2. The van der Waals surface area contributed by atoms with Gasteiger partial charge in [0, 0.05) is 0 Å². The van der Waals surface area contributed by atoms with Crippen molar-refractivity contribution in [1.29, 1.82) is 0 Å². The van der Waals surface area contributed by atoms with E-state index in [4.69, 9.17) is 21.4 Å². The van der Waals surface area contributed by atoms with E-state index in [0.717, 1.165) is 3.57 Å². The van der Waals surface area contributed by atoms with E-state index in [1.807, 2.05) is 0 Å². The number of aromatic nitrogens is 1. The summed E-state index contributed by atoms with van der Waals surface area (Å²) in [5.74, 6) is 0.647. The molecule has 1 rings (SSSR count). The zero-order valence-electron chi connectivity index (χ0n) is 6.13. The van der Waals surface area contributed by atoms with Crippen molar-refractivity contribution < 1.29 is 9.84 Å². The normalized spacial score (nSPS) is 9.92. The van der Waals surface area contributed by atoms with Crippen molar-refractivity contribution in [3.05, 3.63) is 21.0 Å². The predicted molar refractivity (Wildman–Crippen MR) is 54.5 cm³/mol. The molecule has 0 atom stereocenters. The van der Waals surface area contributed by atoms with Gasteiger partial charge in [0.2, 0.25) is 0 Å². The number of hydrogen-bond donors (Lipinski definition) is 1. The Morgan fingerprint density at radius 3 is 3.00 bits per heavy atom. The topological polar surface area (TPSA) is 42.4 Å². The van der Waals surface area contributed by atoms with Crippen molar-refractivity contribution in [3.8, 4) is 5.75 Å². The van der Waals surface area contributed by atoms with Gasteiger partial charge in [-0.2, -0.15) is 0 Å². The maximum absolute atomic E-state index is 8.50. The second-order valence-corrected chi connectivity index (χ2v) is 3.56. The summed E-state index contributed by atoms with van der Waals surface area (Å²) < 4.78 is 6.05. The van der Waals surface area contributed by atoms with Gasteiger partial charge in [-0.25, -0.2) is 4.98 Å². The van der Waals surface area contributed by atoms with Crippen molar-refractivity contribution in [2.24, 2.45) is 0 Å². The summed E-state index contributed by atoms with van der Waals surface area (Å²) in [4.78, 5) is 3.85. The van der Waals surface area contributed by atoms with Crippen LogP contribution in [0.1, 0.15) is 0 Å². The van der Waals surface area contributed by atoms with Crippen molar-refractivity contribution >= 4 is 34.2 Å². The van der Waals surface area contributed by atoms with E-state index >= 15 is 0 Å². The molecule has 0 saturated carbocycles. The molecule has 3 nitrogen and oxygen atoms in total. The molecule has 0 aliphatic carbocycles. The van der Waals surface area contributed by atoms with Gasteiger partial charge in [0.1, 0.15) is 11.8 Å². The summed E-state index contributed by atoms with van der Waals surface area (Å²) in [6.45, 7) is 0.276. The van der Waals surface area contributed by atoms with E-state index in [1.54, 1.807) is 12.3 Å². The Morgan fingerprint density at radius 2 is 2.42 bits per heavy atom. The van der Waals surface area contributed by atoms with Crippen LogP contribution in [-0.2, 0) is 0 Å². The molecule has 0 bridgehead atoms. The Bertz CT molecular complexity index is 270. The number of rotatable bonds is 3. The predicted octanol–water partition coefficient (Wildman–Crippen LogP) is 1.71. The molecule has 0 unspecified atom stereocenters. The van der Waals surface area contributed by atoms with E-state index in [9.17, 15) is 0 Å². The van der Waals surface area contributed by atoms with E-state index in [-0.39, 0.29) is 13.2 Å². The lowest BCUT2D eigenvalue weighted by Gasteiger charge is -2.05. The van der Waals surface area contributed by atoms with E-state index in [0.29, 0.717) is 10.9 Å². The molecule has 0 spiro atoms. The highest BCUT2D eigenvalue weighted by Crippen LogP contribution is 2.21. The van der Waals surface area contributed by atoms with Gasteiger partial charge in [-0.15, -0.1) is 0 Å². The molecule has 66 valence electrons. The van der Waals surface area contributed by atoms with Crippen LogP contribution in [0.2, 0.25) is 5.15 Å². The number of halogens is 2. The number of nitrogens with zero attached hydrogens (tertiary/aromatic N) is 1. The first-order chi connectivity index (χ1) is 5.74. The monoisotopic (exact) mass is 299 g/mol. The fourth-order valence-corrected chi connectivity index (χ4v) is 1.59. The molecule has 0 amide bonds. The van der Waals surface area contributed by atoms with Crippen LogP contribution in [0, 0.1) is 3.57 Å². The lowest BCUT2D eigenvalue weighted by atomic mass is 10.5. The molecule has 1 N–H and O–H groups in total. The number of ether oxygens (including phenoxy) is 1. The Hall–Kier alpha value is -0.0700. The first-order valence-corrected chi connectivity index (χ1v) is 4.74. The third-order valence-electron chi connectivity index (χ3n) is 1.14. The number of aliphatic hydroxyl groups excluding tert-OH is 1.